The first-order chi connectivity index (χ1) is 8.07. The van der Waals surface area contributed by atoms with Crippen LogP contribution in [-0.4, -0.2) is 16.5 Å². The van der Waals surface area contributed by atoms with Gasteiger partial charge in [-0.05, 0) is 26.3 Å². The van der Waals surface area contributed by atoms with E-state index in [2.05, 4.69) is 24.2 Å². The first kappa shape index (κ1) is 12.4. The molecule has 1 fully saturated rings. The Morgan fingerprint density at radius 2 is 2.18 bits per heavy atom. The quantitative estimate of drug-likeness (QED) is 0.874. The third-order valence-electron chi connectivity index (χ3n) is 2.76. The zero-order chi connectivity index (χ0) is 12.3. The maximum Gasteiger partial charge on any atom is 0.157 e. The third-order valence-corrected chi connectivity index (χ3v) is 3.67. The minimum absolute atomic E-state index is 0.0965. The highest BCUT2D eigenvalue weighted by Gasteiger charge is 2.23. The van der Waals surface area contributed by atoms with Gasteiger partial charge in [0.25, 0.3) is 0 Å². The highest BCUT2D eigenvalue weighted by molar-refractivity contribution is 8.13. The van der Waals surface area contributed by atoms with E-state index in [1.807, 2.05) is 6.07 Å². The summed E-state index contributed by atoms with van der Waals surface area (Å²) in [6.07, 6.45) is 1.12. The largest absolute Gasteiger partial charge is 0.360 e. The Balaban J connectivity index is 2.04. The zero-order valence-corrected chi connectivity index (χ0v) is 11.0. The number of rotatable bonds is 2. The van der Waals surface area contributed by atoms with Gasteiger partial charge in [0.1, 0.15) is 5.82 Å². The number of hydrogen-bond acceptors (Lipinski definition) is 2. The lowest BCUT2D eigenvalue weighted by atomic mass is 10.0. The second kappa shape index (κ2) is 5.08. The number of hydrogen-bond donors (Lipinski definition) is 1. The van der Waals surface area contributed by atoms with Gasteiger partial charge in [0.05, 0.1) is 6.54 Å². The molecular formula is C13H17FN2S. The van der Waals surface area contributed by atoms with Crippen molar-refractivity contribution in [2.45, 2.75) is 32.4 Å². The summed E-state index contributed by atoms with van der Waals surface area (Å²) in [5, 5.41) is 4.29. The van der Waals surface area contributed by atoms with Crippen LogP contribution < -0.4 is 5.32 Å². The van der Waals surface area contributed by atoms with Gasteiger partial charge in [0.15, 0.2) is 5.17 Å². The highest BCUT2D eigenvalue weighted by atomic mass is 32.2. The van der Waals surface area contributed by atoms with Crippen LogP contribution in [0.1, 0.15) is 25.8 Å². The lowest BCUT2D eigenvalue weighted by Gasteiger charge is -2.32. The second-order valence-corrected chi connectivity index (χ2v) is 5.90. The summed E-state index contributed by atoms with van der Waals surface area (Å²) in [5.74, 6) is 0.882. The molecule has 92 valence electrons. The summed E-state index contributed by atoms with van der Waals surface area (Å²) in [7, 11) is 0. The van der Waals surface area contributed by atoms with E-state index < -0.39 is 0 Å². The van der Waals surface area contributed by atoms with Crippen LogP contribution in [0.3, 0.4) is 0 Å². The van der Waals surface area contributed by atoms with E-state index in [1.54, 1.807) is 23.9 Å². The van der Waals surface area contributed by atoms with Gasteiger partial charge < -0.3 is 5.32 Å². The first-order valence-electron chi connectivity index (χ1n) is 5.76. The summed E-state index contributed by atoms with van der Waals surface area (Å²) in [6, 6.07) is 6.78. The summed E-state index contributed by atoms with van der Waals surface area (Å²) >= 11 is 1.71. The standard InChI is InChI=1S/C13H17FN2S/c1-13(2)7-8-17-12(16-13)15-9-10-5-3-4-6-11(10)14/h3-6H,7-9H2,1-2H3,(H,15,16). The van der Waals surface area contributed by atoms with Crippen molar-refractivity contribution in [2.24, 2.45) is 4.99 Å². The van der Waals surface area contributed by atoms with Crippen molar-refractivity contribution < 1.29 is 4.39 Å². The van der Waals surface area contributed by atoms with Crippen molar-refractivity contribution >= 4 is 16.9 Å². The molecule has 1 aliphatic heterocycles. The molecule has 1 aromatic carbocycles. The van der Waals surface area contributed by atoms with Gasteiger partial charge in [-0.3, -0.25) is 4.99 Å². The Morgan fingerprint density at radius 3 is 2.88 bits per heavy atom. The summed E-state index contributed by atoms with van der Waals surface area (Å²) in [4.78, 5) is 4.44. The van der Waals surface area contributed by atoms with Crippen LogP contribution in [0.15, 0.2) is 29.3 Å². The molecule has 0 radical (unpaired) electrons. The minimum atomic E-state index is -0.183. The van der Waals surface area contributed by atoms with Crippen molar-refractivity contribution in [1.29, 1.82) is 0 Å². The van der Waals surface area contributed by atoms with Gasteiger partial charge in [-0.1, -0.05) is 30.0 Å². The van der Waals surface area contributed by atoms with Crippen LogP contribution in [0.4, 0.5) is 4.39 Å². The van der Waals surface area contributed by atoms with Crippen molar-refractivity contribution in [1.82, 2.24) is 5.32 Å². The predicted molar refractivity (Wildman–Crippen MR) is 71.8 cm³/mol. The second-order valence-electron chi connectivity index (χ2n) is 4.82. The van der Waals surface area contributed by atoms with Gasteiger partial charge in [0, 0.05) is 16.9 Å². The van der Waals surface area contributed by atoms with Crippen LogP contribution in [0.2, 0.25) is 0 Å². The fraction of sp³-hybridized carbons (Fsp3) is 0.462. The molecule has 0 bridgehead atoms. The Bertz CT molecular complexity index is 429. The van der Waals surface area contributed by atoms with Crippen molar-refractivity contribution in [3.05, 3.63) is 35.6 Å². The van der Waals surface area contributed by atoms with E-state index in [1.165, 1.54) is 6.07 Å². The van der Waals surface area contributed by atoms with Gasteiger partial charge in [-0.15, -0.1) is 0 Å². The van der Waals surface area contributed by atoms with Crippen LogP contribution in [0, 0.1) is 5.82 Å². The van der Waals surface area contributed by atoms with E-state index in [-0.39, 0.29) is 11.4 Å². The monoisotopic (exact) mass is 252 g/mol. The van der Waals surface area contributed by atoms with Crippen molar-refractivity contribution in [3.8, 4) is 0 Å². The van der Waals surface area contributed by atoms with Crippen LogP contribution >= 0.6 is 11.8 Å². The summed E-state index contributed by atoms with van der Waals surface area (Å²) in [5.41, 5.74) is 0.741. The molecular weight excluding hydrogens is 235 g/mol. The Morgan fingerprint density at radius 1 is 1.41 bits per heavy atom. The molecule has 1 saturated heterocycles. The fourth-order valence-corrected chi connectivity index (χ4v) is 2.97. The number of aliphatic imine (C=N–C) groups is 1. The molecule has 0 unspecified atom stereocenters. The molecule has 1 N–H and O–H groups in total. The van der Waals surface area contributed by atoms with Crippen LogP contribution in [-0.2, 0) is 6.54 Å². The Hall–Kier alpha value is -1.03. The number of thioether (sulfide) groups is 1. The highest BCUT2D eigenvalue weighted by Crippen LogP contribution is 2.22. The molecule has 2 nitrogen and oxygen atoms in total. The molecule has 0 atom stereocenters. The lowest BCUT2D eigenvalue weighted by molar-refractivity contribution is 0.446. The Kier molecular flexibility index (Phi) is 3.72. The SMILES string of the molecule is CC1(C)CCSC(=NCc2ccccc2F)N1. The van der Waals surface area contributed by atoms with E-state index in [9.17, 15) is 4.39 Å². The number of halogens is 1. The average molecular weight is 252 g/mol. The number of benzene rings is 1. The van der Waals surface area contributed by atoms with Gasteiger partial charge in [-0.25, -0.2) is 4.39 Å². The van der Waals surface area contributed by atoms with E-state index in [4.69, 9.17) is 0 Å². The first-order valence-corrected chi connectivity index (χ1v) is 6.74. The molecule has 1 aliphatic rings. The summed E-state index contributed by atoms with van der Waals surface area (Å²) in [6.45, 7) is 4.72. The predicted octanol–water partition coefficient (Wildman–Crippen LogP) is 3.19. The third kappa shape index (κ3) is 3.46. The van der Waals surface area contributed by atoms with E-state index in [0.29, 0.717) is 12.1 Å². The van der Waals surface area contributed by atoms with E-state index in [0.717, 1.165) is 17.3 Å². The molecule has 1 heterocycles. The summed E-state index contributed by atoms with van der Waals surface area (Å²) < 4.78 is 13.4. The maximum absolute atomic E-state index is 13.4. The van der Waals surface area contributed by atoms with Gasteiger partial charge in [0.2, 0.25) is 0 Å². The number of nitrogens with one attached hydrogen (secondary N) is 1. The molecule has 1 aromatic rings. The minimum Gasteiger partial charge on any atom is -0.360 e. The molecule has 0 amide bonds. The molecule has 2 rings (SSSR count). The molecule has 0 spiro atoms. The van der Waals surface area contributed by atoms with Gasteiger partial charge >= 0.3 is 0 Å². The number of amidine groups is 1. The topological polar surface area (TPSA) is 24.4 Å². The Labute approximate surface area is 106 Å². The van der Waals surface area contributed by atoms with Crippen molar-refractivity contribution in [2.75, 3.05) is 5.75 Å². The molecule has 0 aliphatic carbocycles. The van der Waals surface area contributed by atoms with Crippen LogP contribution in [0.25, 0.3) is 0 Å². The van der Waals surface area contributed by atoms with Gasteiger partial charge in [-0.2, -0.15) is 0 Å². The fourth-order valence-electron chi connectivity index (χ4n) is 1.66. The molecule has 4 heteroatoms. The normalized spacial score (nSPS) is 21.2. The average Bonchev–Trinajstić information content (AvgIpc) is 2.27. The maximum atomic E-state index is 13.4. The van der Waals surface area contributed by atoms with Crippen LogP contribution in [0.5, 0.6) is 0 Å². The van der Waals surface area contributed by atoms with Crippen molar-refractivity contribution in [3.63, 3.8) is 0 Å². The smallest absolute Gasteiger partial charge is 0.157 e. The number of nitrogens with zero attached hydrogens (tertiary/aromatic N) is 1. The molecule has 0 aromatic heterocycles. The molecule has 17 heavy (non-hydrogen) atoms. The zero-order valence-electron chi connectivity index (χ0n) is 10.2. The lowest BCUT2D eigenvalue weighted by Crippen LogP contribution is -2.46. The molecule has 0 saturated carbocycles. The van der Waals surface area contributed by atoms with E-state index >= 15 is 0 Å².